The standard InChI is InChI=1S/C16H14N4O2/c17-9-13(11-19-10-12-4-6-18-7-5-12)16(22)20-14-2-1-3-15(21)8-14/h1-8,11,19,21H,10H2,(H,20,22)/b13-11-. The second-order valence-electron chi connectivity index (χ2n) is 4.41. The van der Waals surface area contributed by atoms with Gasteiger partial charge in [0.2, 0.25) is 0 Å². The van der Waals surface area contributed by atoms with Crippen molar-refractivity contribution in [3.8, 4) is 11.8 Å². The third kappa shape index (κ3) is 4.35. The Hall–Kier alpha value is -3.33. The molecule has 1 aromatic carbocycles. The van der Waals surface area contributed by atoms with Gasteiger partial charge in [0.1, 0.15) is 17.4 Å². The number of nitrogens with one attached hydrogen (secondary N) is 2. The van der Waals surface area contributed by atoms with Crippen molar-refractivity contribution < 1.29 is 9.90 Å². The average Bonchev–Trinajstić information content (AvgIpc) is 2.52. The first-order valence-corrected chi connectivity index (χ1v) is 6.52. The van der Waals surface area contributed by atoms with Crippen LogP contribution >= 0.6 is 0 Å². The predicted octanol–water partition coefficient (Wildman–Crippen LogP) is 1.92. The molecule has 2 rings (SSSR count). The highest BCUT2D eigenvalue weighted by atomic mass is 16.3. The molecule has 1 amide bonds. The van der Waals surface area contributed by atoms with Crippen LogP contribution in [0.1, 0.15) is 5.56 Å². The maximum Gasteiger partial charge on any atom is 0.267 e. The second-order valence-corrected chi connectivity index (χ2v) is 4.41. The highest BCUT2D eigenvalue weighted by Crippen LogP contribution is 2.15. The maximum atomic E-state index is 12.0. The molecule has 6 nitrogen and oxygen atoms in total. The van der Waals surface area contributed by atoms with Crippen molar-refractivity contribution in [2.45, 2.75) is 6.54 Å². The lowest BCUT2D eigenvalue weighted by molar-refractivity contribution is -0.112. The minimum absolute atomic E-state index is 0.0381. The molecular formula is C16H14N4O2. The molecule has 0 saturated carbocycles. The third-order valence-corrected chi connectivity index (χ3v) is 2.77. The van der Waals surface area contributed by atoms with Gasteiger partial charge < -0.3 is 15.7 Å². The molecule has 0 fully saturated rings. The quantitative estimate of drug-likeness (QED) is 0.578. The first-order chi connectivity index (χ1) is 10.7. The fourth-order valence-electron chi connectivity index (χ4n) is 1.70. The molecule has 0 radical (unpaired) electrons. The number of phenolic OH excluding ortho intramolecular Hbond substituents is 1. The van der Waals surface area contributed by atoms with Crippen LogP contribution in [0.15, 0.2) is 60.6 Å². The van der Waals surface area contributed by atoms with Crippen molar-refractivity contribution in [3.05, 3.63) is 66.1 Å². The molecule has 0 aliphatic heterocycles. The lowest BCUT2D eigenvalue weighted by Crippen LogP contribution is -2.16. The summed E-state index contributed by atoms with van der Waals surface area (Å²) in [7, 11) is 0. The first-order valence-electron chi connectivity index (χ1n) is 6.52. The predicted molar refractivity (Wildman–Crippen MR) is 81.5 cm³/mol. The summed E-state index contributed by atoms with van der Waals surface area (Å²) in [6, 6.07) is 11.6. The second kappa shape index (κ2) is 7.45. The van der Waals surface area contributed by atoms with E-state index in [0.717, 1.165) is 5.56 Å². The number of nitrogens with zero attached hydrogens (tertiary/aromatic N) is 2. The van der Waals surface area contributed by atoms with E-state index in [4.69, 9.17) is 5.26 Å². The Kier molecular flexibility index (Phi) is 5.10. The normalized spacial score (nSPS) is 10.6. The van der Waals surface area contributed by atoms with Gasteiger partial charge in [-0.15, -0.1) is 0 Å². The Bertz CT molecular complexity index is 720. The maximum absolute atomic E-state index is 12.0. The summed E-state index contributed by atoms with van der Waals surface area (Å²) < 4.78 is 0. The fourth-order valence-corrected chi connectivity index (χ4v) is 1.70. The SMILES string of the molecule is N#C/C(=C/NCc1ccncc1)C(=O)Nc1cccc(O)c1. The van der Waals surface area contributed by atoms with Gasteiger partial charge in [0.25, 0.3) is 5.91 Å². The van der Waals surface area contributed by atoms with E-state index in [9.17, 15) is 9.90 Å². The van der Waals surface area contributed by atoms with Crippen molar-refractivity contribution >= 4 is 11.6 Å². The molecule has 0 aliphatic rings. The Balaban J connectivity index is 1.97. The number of hydrogen-bond acceptors (Lipinski definition) is 5. The largest absolute Gasteiger partial charge is 0.508 e. The Labute approximate surface area is 127 Å². The van der Waals surface area contributed by atoms with Gasteiger partial charge in [-0.25, -0.2) is 0 Å². The van der Waals surface area contributed by atoms with Gasteiger partial charge in [-0.3, -0.25) is 9.78 Å². The Morgan fingerprint density at radius 2 is 2.09 bits per heavy atom. The highest BCUT2D eigenvalue weighted by molar-refractivity contribution is 6.06. The van der Waals surface area contributed by atoms with Crippen LogP contribution in [0.5, 0.6) is 5.75 Å². The van der Waals surface area contributed by atoms with Gasteiger partial charge in [-0.05, 0) is 29.8 Å². The van der Waals surface area contributed by atoms with E-state index >= 15 is 0 Å². The van der Waals surface area contributed by atoms with Crippen LogP contribution in [0, 0.1) is 11.3 Å². The molecule has 0 atom stereocenters. The number of rotatable bonds is 5. The fraction of sp³-hybridized carbons (Fsp3) is 0.0625. The molecule has 0 spiro atoms. The van der Waals surface area contributed by atoms with E-state index in [1.807, 2.05) is 18.2 Å². The number of nitriles is 1. The number of carbonyl (C=O) groups is 1. The molecule has 0 saturated heterocycles. The number of anilines is 1. The van der Waals surface area contributed by atoms with Crippen LogP contribution in [0.4, 0.5) is 5.69 Å². The van der Waals surface area contributed by atoms with Crippen molar-refractivity contribution in [1.82, 2.24) is 10.3 Å². The molecule has 1 aromatic heterocycles. The van der Waals surface area contributed by atoms with Crippen molar-refractivity contribution in [3.63, 3.8) is 0 Å². The zero-order valence-electron chi connectivity index (χ0n) is 11.7. The van der Waals surface area contributed by atoms with Crippen molar-refractivity contribution in [2.75, 3.05) is 5.32 Å². The summed E-state index contributed by atoms with van der Waals surface area (Å²) in [6.45, 7) is 0.479. The topological polar surface area (TPSA) is 98.0 Å². The number of aromatic hydroxyl groups is 1. The van der Waals surface area contributed by atoms with Crippen molar-refractivity contribution in [1.29, 1.82) is 5.26 Å². The highest BCUT2D eigenvalue weighted by Gasteiger charge is 2.09. The van der Waals surface area contributed by atoms with E-state index in [-0.39, 0.29) is 11.3 Å². The van der Waals surface area contributed by atoms with Gasteiger partial charge in [-0.2, -0.15) is 5.26 Å². The molecule has 0 unspecified atom stereocenters. The summed E-state index contributed by atoms with van der Waals surface area (Å²) in [5.41, 5.74) is 1.34. The summed E-state index contributed by atoms with van der Waals surface area (Å²) >= 11 is 0. The van der Waals surface area contributed by atoms with E-state index in [2.05, 4.69) is 15.6 Å². The zero-order chi connectivity index (χ0) is 15.8. The minimum Gasteiger partial charge on any atom is -0.508 e. The Morgan fingerprint density at radius 1 is 1.32 bits per heavy atom. The zero-order valence-corrected chi connectivity index (χ0v) is 11.7. The minimum atomic E-state index is -0.546. The summed E-state index contributed by atoms with van der Waals surface area (Å²) in [5.74, 6) is -0.508. The Morgan fingerprint density at radius 3 is 2.77 bits per heavy atom. The molecule has 0 aliphatic carbocycles. The van der Waals surface area contributed by atoms with Crippen LogP contribution < -0.4 is 10.6 Å². The molecule has 110 valence electrons. The van der Waals surface area contributed by atoms with Gasteiger partial charge in [0, 0.05) is 36.9 Å². The molecule has 22 heavy (non-hydrogen) atoms. The lowest BCUT2D eigenvalue weighted by Gasteiger charge is -2.05. The number of amides is 1. The lowest BCUT2D eigenvalue weighted by atomic mass is 10.2. The van der Waals surface area contributed by atoms with Crippen molar-refractivity contribution in [2.24, 2.45) is 0 Å². The summed E-state index contributed by atoms with van der Waals surface area (Å²) in [5, 5.41) is 23.8. The van der Waals surface area contributed by atoms with Crippen LogP contribution in [0.25, 0.3) is 0 Å². The van der Waals surface area contributed by atoms with Crippen LogP contribution in [-0.4, -0.2) is 16.0 Å². The van der Waals surface area contributed by atoms with Gasteiger partial charge in [0.05, 0.1) is 0 Å². The molecule has 1 heterocycles. The number of carbonyl (C=O) groups excluding carboxylic acids is 1. The molecule has 6 heteroatoms. The molecular weight excluding hydrogens is 280 g/mol. The van der Waals surface area contributed by atoms with E-state index in [0.29, 0.717) is 12.2 Å². The van der Waals surface area contributed by atoms with Gasteiger partial charge >= 0.3 is 0 Å². The van der Waals surface area contributed by atoms with Crippen LogP contribution in [-0.2, 0) is 11.3 Å². The first kappa shape index (κ1) is 15.1. The average molecular weight is 294 g/mol. The number of pyridine rings is 1. The molecule has 2 aromatic rings. The van der Waals surface area contributed by atoms with E-state index < -0.39 is 5.91 Å². The van der Waals surface area contributed by atoms with E-state index in [1.54, 1.807) is 24.5 Å². The number of aromatic nitrogens is 1. The van der Waals surface area contributed by atoms with Crippen LogP contribution in [0.2, 0.25) is 0 Å². The molecule has 3 N–H and O–H groups in total. The summed E-state index contributed by atoms with van der Waals surface area (Å²) in [6.07, 6.45) is 4.69. The van der Waals surface area contributed by atoms with Crippen LogP contribution in [0.3, 0.4) is 0 Å². The number of phenols is 1. The number of hydrogen-bond donors (Lipinski definition) is 3. The van der Waals surface area contributed by atoms with E-state index in [1.165, 1.54) is 18.3 Å². The monoisotopic (exact) mass is 294 g/mol. The summed E-state index contributed by atoms with van der Waals surface area (Å²) in [4.78, 5) is 15.9. The number of benzene rings is 1. The third-order valence-electron chi connectivity index (χ3n) is 2.77. The van der Waals surface area contributed by atoms with Gasteiger partial charge in [-0.1, -0.05) is 6.07 Å². The van der Waals surface area contributed by atoms with Gasteiger partial charge in [0.15, 0.2) is 0 Å². The smallest absolute Gasteiger partial charge is 0.267 e. The molecule has 0 bridgehead atoms.